The second kappa shape index (κ2) is 5.49. The number of imidazole rings is 1. The molecule has 27 heavy (non-hydrogen) atoms. The van der Waals surface area contributed by atoms with Gasteiger partial charge in [0.2, 0.25) is 0 Å². The molecule has 7 rings (SSSR count). The van der Waals surface area contributed by atoms with Crippen LogP contribution >= 0.6 is 0 Å². The van der Waals surface area contributed by atoms with Crippen LogP contribution in [0.15, 0.2) is 42.5 Å². The number of nitrogens with zero attached hydrogens (tertiary/aromatic N) is 3. The van der Waals surface area contributed by atoms with Crippen LogP contribution < -0.4 is 9.47 Å². The van der Waals surface area contributed by atoms with Gasteiger partial charge in [-0.25, -0.2) is 0 Å². The number of hydrogen-bond acceptors (Lipinski definition) is 4. The quantitative estimate of drug-likeness (QED) is 0.700. The van der Waals surface area contributed by atoms with Crippen LogP contribution in [-0.4, -0.2) is 46.8 Å². The molecule has 4 aliphatic rings. The Balaban J connectivity index is 1.41. The molecule has 5 nitrogen and oxygen atoms in total. The molecule has 5 heteroatoms. The van der Waals surface area contributed by atoms with Crippen molar-refractivity contribution in [2.45, 2.75) is 25.0 Å². The first-order valence-corrected chi connectivity index (χ1v) is 9.81. The Bertz CT molecular complexity index is 1020. The van der Waals surface area contributed by atoms with Gasteiger partial charge in [-0.2, -0.15) is 4.98 Å². The molecular formula is C22H23N3O2. The normalized spacial score (nSPS) is 28.5. The lowest BCUT2D eigenvalue weighted by Gasteiger charge is -2.50. The number of rotatable bonds is 2. The summed E-state index contributed by atoms with van der Waals surface area (Å²) < 4.78 is 14.2. The van der Waals surface area contributed by atoms with E-state index in [4.69, 9.17) is 14.5 Å². The van der Waals surface area contributed by atoms with E-state index in [-0.39, 0.29) is 5.60 Å². The lowest BCUT2D eigenvalue weighted by atomic mass is 9.75. The molecule has 5 heterocycles. The van der Waals surface area contributed by atoms with Gasteiger partial charge in [0.05, 0.1) is 19.2 Å². The monoisotopic (exact) mass is 361 g/mol. The van der Waals surface area contributed by atoms with E-state index in [1.807, 2.05) is 12.1 Å². The number of aromatic nitrogens is 2. The summed E-state index contributed by atoms with van der Waals surface area (Å²) in [6, 6.07) is 15.4. The highest BCUT2D eigenvalue weighted by molar-refractivity contribution is 5.93. The molecule has 1 spiro atoms. The summed E-state index contributed by atoms with van der Waals surface area (Å²) in [6.45, 7) is 4.41. The van der Waals surface area contributed by atoms with Crippen LogP contribution in [0.3, 0.4) is 0 Å². The maximum atomic E-state index is 6.57. The summed E-state index contributed by atoms with van der Waals surface area (Å²) in [5, 5.41) is 0. The Hall–Kier alpha value is -2.53. The zero-order valence-electron chi connectivity index (χ0n) is 15.5. The smallest absolute Gasteiger partial charge is 0.298 e. The molecule has 0 N–H and O–H groups in total. The van der Waals surface area contributed by atoms with Crippen LogP contribution in [0.2, 0.25) is 0 Å². The van der Waals surface area contributed by atoms with Crippen LogP contribution in [0.5, 0.6) is 11.8 Å². The fourth-order valence-corrected chi connectivity index (χ4v) is 5.26. The number of ether oxygens (including phenoxy) is 2. The third-order valence-corrected chi connectivity index (χ3v) is 6.69. The second-order valence-corrected chi connectivity index (χ2v) is 8.10. The SMILES string of the molecule is COc1ccc(-c2cccc3c2nc2n3C[C@@]3(CN4CCC3CC4)O2)cc1. The van der Waals surface area contributed by atoms with Gasteiger partial charge in [-0.3, -0.25) is 9.47 Å². The molecule has 4 aliphatic heterocycles. The predicted molar refractivity (Wildman–Crippen MR) is 104 cm³/mol. The van der Waals surface area contributed by atoms with Crippen LogP contribution in [-0.2, 0) is 6.54 Å². The first-order valence-electron chi connectivity index (χ1n) is 9.81. The standard InChI is InChI=1S/C22H23N3O2/c1-26-17-7-5-15(6-8-17)18-3-2-4-19-20(18)23-21-25(19)14-22(27-21)13-24-11-9-16(22)10-12-24/h2-8,16H,9-14H2,1H3/t22-/m1/s1. The van der Waals surface area contributed by atoms with E-state index >= 15 is 0 Å². The highest BCUT2D eigenvalue weighted by atomic mass is 16.5. The topological polar surface area (TPSA) is 39.5 Å². The fourth-order valence-electron chi connectivity index (χ4n) is 5.26. The van der Waals surface area contributed by atoms with Crippen molar-refractivity contribution < 1.29 is 9.47 Å². The van der Waals surface area contributed by atoms with Gasteiger partial charge >= 0.3 is 0 Å². The molecule has 1 aromatic heterocycles. The number of hydrogen-bond donors (Lipinski definition) is 0. The van der Waals surface area contributed by atoms with E-state index in [0.29, 0.717) is 5.92 Å². The zero-order valence-corrected chi connectivity index (χ0v) is 15.5. The molecule has 0 saturated carbocycles. The molecule has 0 unspecified atom stereocenters. The van der Waals surface area contributed by atoms with Gasteiger partial charge in [-0.1, -0.05) is 24.3 Å². The Morgan fingerprint density at radius 3 is 2.59 bits per heavy atom. The van der Waals surface area contributed by atoms with Gasteiger partial charge in [0.15, 0.2) is 0 Å². The summed E-state index contributed by atoms with van der Waals surface area (Å²) >= 11 is 0. The average Bonchev–Trinajstić information content (AvgIpc) is 3.23. The highest BCUT2D eigenvalue weighted by Crippen LogP contribution is 2.45. The lowest BCUT2D eigenvalue weighted by Crippen LogP contribution is -2.61. The van der Waals surface area contributed by atoms with Gasteiger partial charge < -0.3 is 9.47 Å². The van der Waals surface area contributed by atoms with Crippen molar-refractivity contribution >= 4 is 11.0 Å². The van der Waals surface area contributed by atoms with Crippen molar-refractivity contribution in [1.82, 2.24) is 14.5 Å². The maximum absolute atomic E-state index is 6.57. The van der Waals surface area contributed by atoms with Crippen molar-refractivity contribution in [3.63, 3.8) is 0 Å². The molecule has 0 aliphatic carbocycles. The van der Waals surface area contributed by atoms with Gasteiger partial charge in [-0.15, -0.1) is 0 Å². The third-order valence-electron chi connectivity index (χ3n) is 6.69. The first-order chi connectivity index (χ1) is 13.3. The van der Waals surface area contributed by atoms with Crippen molar-refractivity contribution in [2.24, 2.45) is 5.92 Å². The van der Waals surface area contributed by atoms with E-state index in [1.165, 1.54) is 31.4 Å². The first kappa shape index (κ1) is 15.5. The molecule has 0 amide bonds. The predicted octanol–water partition coefficient (Wildman–Crippen LogP) is 3.57. The van der Waals surface area contributed by atoms with E-state index in [1.54, 1.807) is 7.11 Å². The Labute approximate surface area is 158 Å². The van der Waals surface area contributed by atoms with E-state index < -0.39 is 0 Å². The summed E-state index contributed by atoms with van der Waals surface area (Å²) in [7, 11) is 1.69. The minimum atomic E-state index is -0.0663. The minimum Gasteiger partial charge on any atom is -0.497 e. The maximum Gasteiger partial charge on any atom is 0.298 e. The lowest BCUT2D eigenvalue weighted by molar-refractivity contribution is -0.0831. The fraction of sp³-hybridized carbons (Fsp3) is 0.409. The van der Waals surface area contributed by atoms with Gasteiger partial charge in [0.1, 0.15) is 16.9 Å². The van der Waals surface area contributed by atoms with Crippen molar-refractivity contribution in [2.75, 3.05) is 26.7 Å². The summed E-state index contributed by atoms with van der Waals surface area (Å²) in [5.74, 6) is 1.52. The van der Waals surface area contributed by atoms with Crippen molar-refractivity contribution in [1.29, 1.82) is 0 Å². The second-order valence-electron chi connectivity index (χ2n) is 8.10. The summed E-state index contributed by atoms with van der Waals surface area (Å²) in [5.41, 5.74) is 4.42. The van der Waals surface area contributed by atoms with E-state index in [9.17, 15) is 0 Å². The largest absolute Gasteiger partial charge is 0.497 e. The molecular weight excluding hydrogens is 338 g/mol. The van der Waals surface area contributed by atoms with Crippen LogP contribution in [0.1, 0.15) is 12.8 Å². The van der Waals surface area contributed by atoms with Crippen molar-refractivity contribution in [3.05, 3.63) is 42.5 Å². The van der Waals surface area contributed by atoms with Gasteiger partial charge in [0.25, 0.3) is 6.01 Å². The van der Waals surface area contributed by atoms with Gasteiger partial charge in [0, 0.05) is 18.0 Å². The van der Waals surface area contributed by atoms with E-state index in [2.05, 4.69) is 39.8 Å². The molecule has 3 fully saturated rings. The van der Waals surface area contributed by atoms with Crippen LogP contribution in [0, 0.1) is 5.92 Å². The van der Waals surface area contributed by atoms with E-state index in [0.717, 1.165) is 41.5 Å². The molecule has 1 atom stereocenters. The third kappa shape index (κ3) is 2.18. The number of methoxy groups -OCH3 is 1. The summed E-state index contributed by atoms with van der Waals surface area (Å²) in [4.78, 5) is 7.49. The van der Waals surface area contributed by atoms with Crippen molar-refractivity contribution in [3.8, 4) is 22.9 Å². The van der Waals surface area contributed by atoms with Crippen LogP contribution in [0.4, 0.5) is 0 Å². The average molecular weight is 361 g/mol. The zero-order chi connectivity index (χ0) is 18.0. The number of para-hydroxylation sites is 1. The van der Waals surface area contributed by atoms with Crippen LogP contribution in [0.25, 0.3) is 22.2 Å². The minimum absolute atomic E-state index is 0.0663. The molecule has 3 saturated heterocycles. The number of fused-ring (bicyclic) bond motifs is 5. The molecule has 138 valence electrons. The Morgan fingerprint density at radius 2 is 1.89 bits per heavy atom. The molecule has 2 bridgehead atoms. The summed E-state index contributed by atoms with van der Waals surface area (Å²) in [6.07, 6.45) is 2.50. The highest BCUT2D eigenvalue weighted by Gasteiger charge is 2.53. The number of benzene rings is 2. The molecule has 0 radical (unpaired) electrons. The Kier molecular flexibility index (Phi) is 3.15. The van der Waals surface area contributed by atoms with Gasteiger partial charge in [-0.05, 0) is 49.7 Å². The number of piperidine rings is 3. The molecule has 3 aromatic rings. The Morgan fingerprint density at radius 1 is 1.07 bits per heavy atom. The molecule has 2 aromatic carbocycles.